The summed E-state index contributed by atoms with van der Waals surface area (Å²) in [4.78, 5) is 23.5. The van der Waals surface area contributed by atoms with Gasteiger partial charge in [-0.15, -0.1) is 0 Å². The molecule has 7 nitrogen and oxygen atoms in total. The van der Waals surface area contributed by atoms with Gasteiger partial charge < -0.3 is 14.8 Å². The Hall–Kier alpha value is -2.42. The highest BCUT2D eigenvalue weighted by molar-refractivity contribution is 5.81. The molecule has 2 aliphatic heterocycles. The minimum atomic E-state index is -0.547. The van der Waals surface area contributed by atoms with E-state index in [4.69, 9.17) is 9.47 Å². The molecule has 1 N–H and O–H groups in total. The Morgan fingerprint density at radius 1 is 1.34 bits per heavy atom. The fourth-order valence-corrected chi connectivity index (χ4v) is 3.87. The molecule has 154 valence electrons. The Morgan fingerprint density at radius 2 is 2.17 bits per heavy atom. The molecule has 1 amide bonds. The summed E-state index contributed by atoms with van der Waals surface area (Å²) in [5.41, 5.74) is 2.18. The van der Waals surface area contributed by atoms with E-state index < -0.39 is 11.7 Å². The highest BCUT2D eigenvalue weighted by Crippen LogP contribution is 2.32. The minimum Gasteiger partial charge on any atom is -0.370 e. The number of aromatic nitrogens is 2. The summed E-state index contributed by atoms with van der Waals surface area (Å²) in [6.07, 6.45) is 3.49. The lowest BCUT2D eigenvalue weighted by Crippen LogP contribution is -2.52. The van der Waals surface area contributed by atoms with Crippen LogP contribution >= 0.6 is 0 Å². The Kier molecular flexibility index (Phi) is 5.84. The molecule has 8 heteroatoms. The highest BCUT2D eigenvalue weighted by atomic mass is 19.1. The molecule has 2 fully saturated rings. The van der Waals surface area contributed by atoms with Gasteiger partial charge in [0.1, 0.15) is 17.5 Å². The number of halogens is 1. The second kappa shape index (κ2) is 8.52. The number of carbonyl (C=O) groups excluding carboxylic acids is 1. The van der Waals surface area contributed by atoms with E-state index in [-0.39, 0.29) is 11.7 Å². The minimum absolute atomic E-state index is 0.170. The summed E-state index contributed by atoms with van der Waals surface area (Å²) in [7, 11) is 0. The quantitative estimate of drug-likeness (QED) is 0.822. The molecule has 2 aliphatic rings. The van der Waals surface area contributed by atoms with Gasteiger partial charge >= 0.3 is 0 Å². The molecule has 1 aromatic heterocycles. The maximum absolute atomic E-state index is 13.0. The van der Waals surface area contributed by atoms with Crippen LogP contribution in [0.3, 0.4) is 0 Å². The topological polar surface area (TPSA) is 76.6 Å². The van der Waals surface area contributed by atoms with Crippen LogP contribution < -0.4 is 5.32 Å². The van der Waals surface area contributed by atoms with E-state index in [1.54, 1.807) is 24.5 Å². The lowest BCUT2D eigenvalue weighted by Gasteiger charge is -2.39. The zero-order valence-corrected chi connectivity index (χ0v) is 16.4. The maximum Gasteiger partial charge on any atom is 0.249 e. The maximum atomic E-state index is 13.0. The number of ether oxygens (including phenoxy) is 2. The zero-order chi connectivity index (χ0) is 20.3. The van der Waals surface area contributed by atoms with Crippen molar-refractivity contribution in [1.82, 2.24) is 20.2 Å². The summed E-state index contributed by atoms with van der Waals surface area (Å²) in [6, 6.07) is 6.07. The lowest BCUT2D eigenvalue weighted by molar-refractivity contribution is -0.130. The summed E-state index contributed by atoms with van der Waals surface area (Å²) in [5, 5.41) is 2.87. The molecule has 1 aromatic carbocycles. The van der Waals surface area contributed by atoms with Crippen LogP contribution in [0.4, 0.5) is 4.39 Å². The predicted molar refractivity (Wildman–Crippen MR) is 103 cm³/mol. The van der Waals surface area contributed by atoms with Gasteiger partial charge in [-0.3, -0.25) is 19.7 Å². The van der Waals surface area contributed by atoms with Crippen molar-refractivity contribution in [1.29, 1.82) is 0 Å². The predicted octanol–water partition coefficient (Wildman–Crippen LogP) is 1.60. The molecule has 1 spiro atoms. The molecule has 0 bridgehead atoms. The van der Waals surface area contributed by atoms with Gasteiger partial charge in [-0.1, -0.05) is 12.1 Å². The van der Waals surface area contributed by atoms with E-state index in [1.807, 2.05) is 6.92 Å². The lowest BCUT2D eigenvalue weighted by atomic mass is 9.97. The average molecular weight is 400 g/mol. The average Bonchev–Trinajstić information content (AvgIpc) is 3.10. The van der Waals surface area contributed by atoms with Gasteiger partial charge in [0.05, 0.1) is 24.6 Å². The third kappa shape index (κ3) is 4.95. The number of benzene rings is 1. The SMILES string of the molecule is Cc1cncc(CN2CCOC3(COC(C(=O)NCc4ccc(F)cc4)C3)C2)n1. The number of nitrogens with one attached hydrogen (secondary N) is 1. The summed E-state index contributed by atoms with van der Waals surface area (Å²) in [5.74, 6) is -0.465. The van der Waals surface area contributed by atoms with Crippen LogP contribution in [0, 0.1) is 12.7 Å². The van der Waals surface area contributed by atoms with E-state index in [2.05, 4.69) is 20.2 Å². The van der Waals surface area contributed by atoms with E-state index >= 15 is 0 Å². The third-order valence-corrected chi connectivity index (χ3v) is 5.30. The van der Waals surface area contributed by atoms with Gasteiger partial charge in [0.15, 0.2) is 0 Å². The molecule has 0 aliphatic carbocycles. The second-order valence-corrected chi connectivity index (χ2v) is 7.74. The first kappa shape index (κ1) is 19.9. The van der Waals surface area contributed by atoms with Gasteiger partial charge in [0, 0.05) is 45.0 Å². The molecule has 2 saturated heterocycles. The summed E-state index contributed by atoms with van der Waals surface area (Å²) >= 11 is 0. The fourth-order valence-electron chi connectivity index (χ4n) is 3.87. The van der Waals surface area contributed by atoms with Crippen molar-refractivity contribution < 1.29 is 18.7 Å². The molecule has 0 saturated carbocycles. The standard InChI is InChI=1S/C21H25FN4O3/c1-15-9-23-11-18(25-15)12-26-6-7-29-21(13-26)8-19(28-14-21)20(27)24-10-16-2-4-17(22)5-3-16/h2-5,9,11,19H,6-8,10,12-14H2,1H3,(H,24,27). The number of amides is 1. The number of morpholine rings is 1. The molecule has 4 rings (SSSR count). The molecule has 3 heterocycles. The van der Waals surface area contributed by atoms with E-state index in [0.29, 0.717) is 39.3 Å². The smallest absolute Gasteiger partial charge is 0.249 e. The Balaban J connectivity index is 1.31. The first-order chi connectivity index (χ1) is 14.0. The monoisotopic (exact) mass is 400 g/mol. The van der Waals surface area contributed by atoms with Gasteiger partial charge in [-0.25, -0.2) is 4.39 Å². The van der Waals surface area contributed by atoms with Crippen molar-refractivity contribution in [2.75, 3.05) is 26.3 Å². The summed E-state index contributed by atoms with van der Waals surface area (Å²) < 4.78 is 24.8. The second-order valence-electron chi connectivity index (χ2n) is 7.74. The number of hydrogen-bond donors (Lipinski definition) is 1. The van der Waals surface area contributed by atoms with Gasteiger partial charge in [-0.05, 0) is 24.6 Å². The molecule has 2 aromatic rings. The normalized spacial score (nSPS) is 24.7. The van der Waals surface area contributed by atoms with Crippen LogP contribution in [0.5, 0.6) is 0 Å². The number of rotatable bonds is 5. The number of hydrogen-bond acceptors (Lipinski definition) is 6. The molecule has 2 atom stereocenters. The Morgan fingerprint density at radius 3 is 2.97 bits per heavy atom. The van der Waals surface area contributed by atoms with Crippen LogP contribution in [0.2, 0.25) is 0 Å². The zero-order valence-electron chi connectivity index (χ0n) is 16.4. The van der Waals surface area contributed by atoms with Crippen molar-refractivity contribution in [3.05, 3.63) is 59.4 Å². The fraction of sp³-hybridized carbons (Fsp3) is 0.476. The Labute approximate surface area is 169 Å². The van der Waals surface area contributed by atoms with Crippen LogP contribution in [-0.2, 0) is 27.4 Å². The third-order valence-electron chi connectivity index (χ3n) is 5.30. The van der Waals surface area contributed by atoms with E-state index in [0.717, 1.165) is 23.5 Å². The van der Waals surface area contributed by atoms with Gasteiger partial charge in [-0.2, -0.15) is 0 Å². The number of aryl methyl sites for hydroxylation is 1. The molecule has 0 radical (unpaired) electrons. The highest BCUT2D eigenvalue weighted by Gasteiger charge is 2.46. The number of nitrogens with zero attached hydrogens (tertiary/aromatic N) is 3. The van der Waals surface area contributed by atoms with Crippen LogP contribution in [0.1, 0.15) is 23.4 Å². The first-order valence-corrected chi connectivity index (χ1v) is 9.79. The first-order valence-electron chi connectivity index (χ1n) is 9.79. The van der Waals surface area contributed by atoms with Crippen molar-refractivity contribution in [2.24, 2.45) is 0 Å². The van der Waals surface area contributed by atoms with Crippen LogP contribution in [0.25, 0.3) is 0 Å². The van der Waals surface area contributed by atoms with Crippen molar-refractivity contribution in [3.8, 4) is 0 Å². The van der Waals surface area contributed by atoms with Crippen LogP contribution in [-0.4, -0.2) is 58.8 Å². The van der Waals surface area contributed by atoms with Gasteiger partial charge in [0.2, 0.25) is 5.91 Å². The van der Waals surface area contributed by atoms with Gasteiger partial charge in [0.25, 0.3) is 0 Å². The number of carbonyl (C=O) groups is 1. The molecule has 2 unspecified atom stereocenters. The molecule has 29 heavy (non-hydrogen) atoms. The molecular weight excluding hydrogens is 375 g/mol. The van der Waals surface area contributed by atoms with E-state index in [9.17, 15) is 9.18 Å². The van der Waals surface area contributed by atoms with Crippen molar-refractivity contribution in [3.63, 3.8) is 0 Å². The summed E-state index contributed by atoms with van der Waals surface area (Å²) in [6.45, 7) is 5.43. The molecular formula is C21H25FN4O3. The van der Waals surface area contributed by atoms with Crippen LogP contribution in [0.15, 0.2) is 36.7 Å². The van der Waals surface area contributed by atoms with Crippen molar-refractivity contribution in [2.45, 2.75) is 38.1 Å². The largest absolute Gasteiger partial charge is 0.370 e. The van der Waals surface area contributed by atoms with Crippen molar-refractivity contribution >= 4 is 5.91 Å². The van der Waals surface area contributed by atoms with E-state index in [1.165, 1.54) is 12.1 Å². The Bertz CT molecular complexity index is 863.